The van der Waals surface area contributed by atoms with Crippen molar-refractivity contribution < 1.29 is 14.3 Å². The number of fused-ring (bicyclic) bond motifs is 1. The molecule has 0 atom stereocenters. The Labute approximate surface area is 137 Å². The lowest BCUT2D eigenvalue weighted by Gasteiger charge is -2.07. The van der Waals surface area contributed by atoms with E-state index in [1.807, 2.05) is 24.3 Å². The average molecular weight is 336 g/mol. The van der Waals surface area contributed by atoms with Gasteiger partial charge in [0, 0.05) is 28.8 Å². The highest BCUT2D eigenvalue weighted by molar-refractivity contribution is 7.99. The largest absolute Gasteiger partial charge is 0.454 e. The van der Waals surface area contributed by atoms with Gasteiger partial charge in [-0.3, -0.25) is 4.79 Å². The Hall–Kier alpha value is -1.85. The third-order valence-electron chi connectivity index (χ3n) is 3.08. The zero-order chi connectivity index (χ0) is 15.4. The number of amides is 1. The van der Waals surface area contributed by atoms with Crippen molar-refractivity contribution in [2.45, 2.75) is 11.3 Å². The molecule has 0 aliphatic carbocycles. The van der Waals surface area contributed by atoms with E-state index in [1.165, 1.54) is 0 Å². The summed E-state index contributed by atoms with van der Waals surface area (Å²) < 4.78 is 10.5. The number of hydrogen-bond acceptors (Lipinski definition) is 4. The molecule has 22 heavy (non-hydrogen) atoms. The van der Waals surface area contributed by atoms with Crippen LogP contribution in [0.3, 0.4) is 0 Å². The minimum absolute atomic E-state index is 0.0431. The first-order chi connectivity index (χ1) is 10.7. The van der Waals surface area contributed by atoms with Crippen LogP contribution < -0.4 is 14.8 Å². The minimum atomic E-state index is -0.0431. The maximum Gasteiger partial charge on any atom is 0.231 e. The maximum absolute atomic E-state index is 12.0. The summed E-state index contributed by atoms with van der Waals surface area (Å²) in [7, 11) is 0. The topological polar surface area (TPSA) is 47.6 Å². The number of nitrogens with one attached hydrogen (secondary N) is 1. The summed E-state index contributed by atoms with van der Waals surface area (Å²) in [5.74, 6) is 1.98. The van der Waals surface area contributed by atoms with E-state index in [4.69, 9.17) is 21.1 Å². The third-order valence-corrected chi connectivity index (χ3v) is 4.60. The van der Waals surface area contributed by atoms with Crippen LogP contribution in [0.2, 0.25) is 5.02 Å². The molecule has 1 amide bonds. The van der Waals surface area contributed by atoms with Crippen LogP contribution >= 0.6 is 23.4 Å². The monoisotopic (exact) mass is 335 g/mol. The summed E-state index contributed by atoms with van der Waals surface area (Å²) in [5, 5.41) is 3.56. The van der Waals surface area contributed by atoms with Crippen molar-refractivity contribution in [3.8, 4) is 11.5 Å². The lowest BCUT2D eigenvalue weighted by molar-refractivity contribution is -0.115. The molecule has 0 aromatic heterocycles. The Bertz CT molecular complexity index is 693. The van der Waals surface area contributed by atoms with E-state index < -0.39 is 0 Å². The molecule has 1 N–H and O–H groups in total. The predicted octanol–water partition coefficient (Wildman–Crippen LogP) is 4.19. The SMILES string of the molecule is O=C(CCSc1ccccc1Cl)Nc1ccc2c(c1)OCO2. The van der Waals surface area contributed by atoms with Crippen LogP contribution in [0.25, 0.3) is 0 Å². The lowest BCUT2D eigenvalue weighted by atomic mass is 10.2. The normalized spacial score (nSPS) is 12.2. The Kier molecular flexibility index (Phi) is 4.75. The van der Waals surface area contributed by atoms with Gasteiger partial charge in [-0.2, -0.15) is 0 Å². The molecule has 0 unspecified atom stereocenters. The van der Waals surface area contributed by atoms with Crippen LogP contribution in [0.1, 0.15) is 6.42 Å². The summed E-state index contributed by atoms with van der Waals surface area (Å²) in [5.41, 5.74) is 0.706. The van der Waals surface area contributed by atoms with Gasteiger partial charge < -0.3 is 14.8 Å². The van der Waals surface area contributed by atoms with Crippen LogP contribution in [-0.2, 0) is 4.79 Å². The second kappa shape index (κ2) is 6.94. The van der Waals surface area contributed by atoms with Gasteiger partial charge in [-0.15, -0.1) is 11.8 Å². The standard InChI is InChI=1S/C16H14ClNO3S/c17-12-3-1-2-4-15(12)22-8-7-16(19)18-11-5-6-13-14(9-11)21-10-20-13/h1-6,9H,7-8,10H2,(H,18,19). The van der Waals surface area contributed by atoms with E-state index in [-0.39, 0.29) is 12.7 Å². The second-order valence-electron chi connectivity index (χ2n) is 4.65. The summed E-state index contributed by atoms with van der Waals surface area (Å²) in [6.45, 7) is 0.223. The Morgan fingerprint density at radius 1 is 1.18 bits per heavy atom. The third kappa shape index (κ3) is 3.67. The smallest absolute Gasteiger partial charge is 0.231 e. The molecule has 0 radical (unpaired) electrons. The average Bonchev–Trinajstić information content (AvgIpc) is 2.97. The van der Waals surface area contributed by atoms with E-state index in [2.05, 4.69) is 5.32 Å². The number of rotatable bonds is 5. The molecule has 1 heterocycles. The van der Waals surface area contributed by atoms with Crippen LogP contribution in [0.5, 0.6) is 11.5 Å². The van der Waals surface area contributed by atoms with Gasteiger partial charge >= 0.3 is 0 Å². The van der Waals surface area contributed by atoms with Crippen LogP contribution in [-0.4, -0.2) is 18.5 Å². The highest BCUT2D eigenvalue weighted by Crippen LogP contribution is 2.34. The number of halogens is 1. The zero-order valence-corrected chi connectivity index (χ0v) is 13.2. The lowest BCUT2D eigenvalue weighted by Crippen LogP contribution is -2.12. The molecule has 1 aliphatic heterocycles. The molecule has 0 bridgehead atoms. The molecule has 4 nitrogen and oxygen atoms in total. The Morgan fingerprint density at radius 3 is 2.86 bits per heavy atom. The molecule has 0 fully saturated rings. The summed E-state index contributed by atoms with van der Waals surface area (Å²) in [6.07, 6.45) is 0.407. The van der Waals surface area contributed by atoms with Crippen molar-refractivity contribution in [2.24, 2.45) is 0 Å². The van der Waals surface area contributed by atoms with Crippen molar-refractivity contribution in [3.63, 3.8) is 0 Å². The minimum Gasteiger partial charge on any atom is -0.454 e. The van der Waals surface area contributed by atoms with Gasteiger partial charge in [0.2, 0.25) is 12.7 Å². The van der Waals surface area contributed by atoms with Gasteiger partial charge in [-0.05, 0) is 24.3 Å². The molecule has 2 aromatic rings. The summed E-state index contributed by atoms with van der Waals surface area (Å²) in [6, 6.07) is 13.0. The molecule has 1 aliphatic rings. The first-order valence-electron chi connectivity index (χ1n) is 6.79. The second-order valence-corrected chi connectivity index (χ2v) is 6.19. The number of hydrogen-bond donors (Lipinski definition) is 1. The molecule has 0 spiro atoms. The van der Waals surface area contributed by atoms with Gasteiger partial charge in [0.25, 0.3) is 0 Å². The van der Waals surface area contributed by atoms with Crippen LogP contribution in [0, 0.1) is 0 Å². The summed E-state index contributed by atoms with van der Waals surface area (Å²) in [4.78, 5) is 12.9. The quantitative estimate of drug-likeness (QED) is 0.832. The number of thioether (sulfide) groups is 1. The van der Waals surface area contributed by atoms with E-state index in [1.54, 1.807) is 30.0 Å². The summed E-state index contributed by atoms with van der Waals surface area (Å²) >= 11 is 7.64. The number of carbonyl (C=O) groups excluding carboxylic acids is 1. The van der Waals surface area contributed by atoms with Crippen LogP contribution in [0.15, 0.2) is 47.4 Å². The first kappa shape index (κ1) is 15.1. The van der Waals surface area contributed by atoms with Crippen molar-refractivity contribution in [2.75, 3.05) is 17.9 Å². The Balaban J connectivity index is 1.49. The molecule has 2 aromatic carbocycles. The van der Waals surface area contributed by atoms with Gasteiger partial charge in [0.1, 0.15) is 0 Å². The van der Waals surface area contributed by atoms with Gasteiger partial charge in [-0.25, -0.2) is 0 Å². The molecule has 6 heteroatoms. The van der Waals surface area contributed by atoms with Gasteiger partial charge in [0.15, 0.2) is 11.5 Å². The zero-order valence-electron chi connectivity index (χ0n) is 11.7. The number of benzene rings is 2. The fraction of sp³-hybridized carbons (Fsp3) is 0.188. The maximum atomic E-state index is 12.0. The van der Waals surface area contributed by atoms with E-state index in [0.29, 0.717) is 34.4 Å². The molecular formula is C16H14ClNO3S. The van der Waals surface area contributed by atoms with Crippen LogP contribution in [0.4, 0.5) is 5.69 Å². The first-order valence-corrected chi connectivity index (χ1v) is 8.15. The van der Waals surface area contributed by atoms with Gasteiger partial charge in [-0.1, -0.05) is 23.7 Å². The van der Waals surface area contributed by atoms with Crippen molar-refractivity contribution >= 4 is 35.0 Å². The van der Waals surface area contributed by atoms with Crippen molar-refractivity contribution in [1.82, 2.24) is 0 Å². The van der Waals surface area contributed by atoms with E-state index in [0.717, 1.165) is 4.90 Å². The molecule has 114 valence electrons. The highest BCUT2D eigenvalue weighted by Gasteiger charge is 2.14. The fourth-order valence-electron chi connectivity index (χ4n) is 2.01. The fourth-order valence-corrected chi connectivity index (χ4v) is 3.20. The van der Waals surface area contributed by atoms with Crippen molar-refractivity contribution in [3.05, 3.63) is 47.5 Å². The van der Waals surface area contributed by atoms with Crippen molar-refractivity contribution in [1.29, 1.82) is 0 Å². The number of carbonyl (C=O) groups is 1. The van der Waals surface area contributed by atoms with E-state index >= 15 is 0 Å². The highest BCUT2D eigenvalue weighted by atomic mass is 35.5. The van der Waals surface area contributed by atoms with E-state index in [9.17, 15) is 4.79 Å². The molecule has 3 rings (SSSR count). The molecule has 0 saturated heterocycles. The molecule has 0 saturated carbocycles. The number of ether oxygens (including phenoxy) is 2. The number of anilines is 1. The van der Waals surface area contributed by atoms with Gasteiger partial charge in [0.05, 0.1) is 5.02 Å². The predicted molar refractivity (Wildman–Crippen MR) is 88.0 cm³/mol. The molecular weight excluding hydrogens is 322 g/mol. The Morgan fingerprint density at radius 2 is 2.00 bits per heavy atom.